The second-order valence-corrected chi connectivity index (χ2v) is 4.88. The van der Waals surface area contributed by atoms with Crippen LogP contribution in [0.25, 0.3) is 11.3 Å². The molecule has 1 saturated heterocycles. The van der Waals surface area contributed by atoms with Crippen molar-refractivity contribution in [1.82, 2.24) is 20.1 Å². The van der Waals surface area contributed by atoms with Gasteiger partial charge in [0.2, 0.25) is 0 Å². The summed E-state index contributed by atoms with van der Waals surface area (Å²) >= 11 is 0. The van der Waals surface area contributed by atoms with Crippen LogP contribution in [0.4, 0.5) is 0 Å². The molecule has 0 unspecified atom stereocenters. The van der Waals surface area contributed by atoms with Gasteiger partial charge in [0, 0.05) is 31.0 Å². The van der Waals surface area contributed by atoms with Gasteiger partial charge in [-0.3, -0.25) is 9.67 Å². The molecule has 18 heavy (non-hydrogen) atoms. The van der Waals surface area contributed by atoms with E-state index in [0.717, 1.165) is 17.8 Å². The number of piperidine rings is 1. The van der Waals surface area contributed by atoms with Gasteiger partial charge in [-0.1, -0.05) is 12.5 Å². The van der Waals surface area contributed by atoms with Crippen molar-refractivity contribution in [3.8, 4) is 11.3 Å². The highest BCUT2D eigenvalue weighted by molar-refractivity contribution is 5.56. The number of nitrogens with one attached hydrogen (secondary N) is 1. The molecule has 2 aromatic heterocycles. The van der Waals surface area contributed by atoms with Gasteiger partial charge >= 0.3 is 0 Å². The van der Waals surface area contributed by atoms with Crippen LogP contribution in [0.5, 0.6) is 0 Å². The third kappa shape index (κ3) is 2.29. The van der Waals surface area contributed by atoms with Gasteiger partial charge < -0.3 is 5.32 Å². The zero-order valence-corrected chi connectivity index (χ0v) is 10.6. The summed E-state index contributed by atoms with van der Waals surface area (Å²) in [7, 11) is 1.92. The third-order valence-corrected chi connectivity index (χ3v) is 3.50. The molecule has 0 amide bonds. The number of hydrogen-bond acceptors (Lipinski definition) is 3. The minimum absolute atomic E-state index is 0.481. The fourth-order valence-corrected chi connectivity index (χ4v) is 2.47. The Labute approximate surface area is 107 Å². The van der Waals surface area contributed by atoms with Crippen LogP contribution in [0.3, 0.4) is 0 Å². The lowest BCUT2D eigenvalue weighted by Crippen LogP contribution is -2.26. The first-order valence-electron chi connectivity index (χ1n) is 6.51. The van der Waals surface area contributed by atoms with Crippen LogP contribution in [0.15, 0.2) is 30.7 Å². The lowest BCUT2D eigenvalue weighted by molar-refractivity contribution is 0.411. The summed E-state index contributed by atoms with van der Waals surface area (Å²) in [5.41, 5.74) is 3.35. The van der Waals surface area contributed by atoms with Crippen LogP contribution in [0, 0.1) is 0 Å². The van der Waals surface area contributed by atoms with E-state index in [2.05, 4.69) is 27.5 Å². The van der Waals surface area contributed by atoms with Crippen LogP contribution in [-0.2, 0) is 7.05 Å². The van der Waals surface area contributed by atoms with E-state index in [0.29, 0.717) is 6.04 Å². The first-order chi connectivity index (χ1) is 8.83. The molecule has 1 aliphatic heterocycles. The summed E-state index contributed by atoms with van der Waals surface area (Å²) in [4.78, 5) is 4.54. The van der Waals surface area contributed by atoms with E-state index in [9.17, 15) is 0 Å². The Kier molecular flexibility index (Phi) is 3.11. The van der Waals surface area contributed by atoms with Gasteiger partial charge in [-0.2, -0.15) is 5.10 Å². The number of aromatic nitrogens is 3. The van der Waals surface area contributed by atoms with Crippen molar-refractivity contribution in [1.29, 1.82) is 0 Å². The maximum absolute atomic E-state index is 4.54. The Balaban J connectivity index is 1.80. The molecule has 1 N–H and O–H groups in total. The molecular weight excluding hydrogens is 224 g/mol. The number of nitrogens with zero attached hydrogens (tertiary/aromatic N) is 3. The van der Waals surface area contributed by atoms with Crippen molar-refractivity contribution in [2.24, 2.45) is 7.05 Å². The summed E-state index contributed by atoms with van der Waals surface area (Å²) in [6.07, 6.45) is 9.64. The zero-order valence-electron chi connectivity index (χ0n) is 10.6. The van der Waals surface area contributed by atoms with Gasteiger partial charge in [-0.15, -0.1) is 0 Å². The molecule has 0 aromatic carbocycles. The first-order valence-corrected chi connectivity index (χ1v) is 6.51. The first kappa shape index (κ1) is 11.4. The van der Waals surface area contributed by atoms with Gasteiger partial charge in [0.15, 0.2) is 0 Å². The quantitative estimate of drug-likeness (QED) is 0.878. The second kappa shape index (κ2) is 4.90. The van der Waals surface area contributed by atoms with Crippen molar-refractivity contribution in [2.45, 2.75) is 25.3 Å². The van der Waals surface area contributed by atoms with E-state index in [1.54, 1.807) is 4.68 Å². The number of rotatable bonds is 2. The van der Waals surface area contributed by atoms with Crippen molar-refractivity contribution in [2.75, 3.05) is 6.54 Å². The summed E-state index contributed by atoms with van der Waals surface area (Å²) < 4.78 is 1.80. The average Bonchev–Trinajstić information content (AvgIpc) is 2.87. The van der Waals surface area contributed by atoms with Gasteiger partial charge in [0.05, 0.1) is 11.9 Å². The zero-order chi connectivity index (χ0) is 12.4. The van der Waals surface area contributed by atoms with Crippen molar-refractivity contribution < 1.29 is 0 Å². The molecule has 2 aromatic rings. The van der Waals surface area contributed by atoms with E-state index >= 15 is 0 Å². The minimum atomic E-state index is 0.481. The van der Waals surface area contributed by atoms with Crippen LogP contribution >= 0.6 is 0 Å². The predicted molar refractivity (Wildman–Crippen MR) is 71.0 cm³/mol. The molecule has 3 rings (SSSR count). The lowest BCUT2D eigenvalue weighted by Gasteiger charge is -2.23. The Morgan fingerprint density at radius 1 is 1.28 bits per heavy atom. The van der Waals surface area contributed by atoms with Crippen LogP contribution in [0.1, 0.15) is 30.9 Å². The van der Waals surface area contributed by atoms with E-state index in [1.807, 2.05) is 25.6 Å². The summed E-state index contributed by atoms with van der Waals surface area (Å²) in [6.45, 7) is 1.12. The molecule has 0 spiro atoms. The van der Waals surface area contributed by atoms with Crippen LogP contribution in [-0.4, -0.2) is 21.3 Å². The van der Waals surface area contributed by atoms with Crippen molar-refractivity contribution in [3.63, 3.8) is 0 Å². The molecular formula is C14H18N4. The predicted octanol–water partition coefficient (Wildman–Crippen LogP) is 2.30. The highest BCUT2D eigenvalue weighted by atomic mass is 15.2. The molecule has 1 atom stereocenters. The van der Waals surface area contributed by atoms with Crippen LogP contribution < -0.4 is 5.32 Å². The number of pyridine rings is 1. The summed E-state index contributed by atoms with van der Waals surface area (Å²) in [6, 6.07) is 4.75. The Morgan fingerprint density at radius 3 is 2.83 bits per heavy atom. The fourth-order valence-electron chi connectivity index (χ4n) is 2.47. The average molecular weight is 242 g/mol. The van der Waals surface area contributed by atoms with E-state index in [1.165, 1.54) is 24.8 Å². The van der Waals surface area contributed by atoms with E-state index in [4.69, 9.17) is 0 Å². The molecule has 0 saturated carbocycles. The van der Waals surface area contributed by atoms with Gasteiger partial charge in [0.25, 0.3) is 0 Å². The largest absolute Gasteiger partial charge is 0.310 e. The SMILES string of the molecule is Cn1cc(-c2ccc([C@H]3CCCCN3)cn2)cn1. The molecule has 3 heterocycles. The normalized spacial score (nSPS) is 19.9. The number of aryl methyl sites for hydroxylation is 1. The number of hydrogen-bond donors (Lipinski definition) is 1. The smallest absolute Gasteiger partial charge is 0.0733 e. The Morgan fingerprint density at radius 2 is 2.22 bits per heavy atom. The summed E-state index contributed by atoms with van der Waals surface area (Å²) in [5, 5.41) is 7.71. The maximum Gasteiger partial charge on any atom is 0.0733 e. The lowest BCUT2D eigenvalue weighted by atomic mass is 9.98. The molecule has 1 fully saturated rings. The summed E-state index contributed by atoms with van der Waals surface area (Å²) in [5.74, 6) is 0. The molecule has 94 valence electrons. The van der Waals surface area contributed by atoms with Gasteiger partial charge in [-0.25, -0.2) is 0 Å². The molecule has 0 aliphatic carbocycles. The van der Waals surface area contributed by atoms with Gasteiger partial charge in [0.1, 0.15) is 0 Å². The highest BCUT2D eigenvalue weighted by Gasteiger charge is 2.14. The standard InChI is InChI=1S/C14H18N4/c1-18-10-12(9-17-18)14-6-5-11(8-16-14)13-4-2-3-7-15-13/h5-6,8-10,13,15H,2-4,7H2,1H3/t13-/m1/s1. The third-order valence-electron chi connectivity index (χ3n) is 3.50. The molecule has 1 aliphatic rings. The second-order valence-electron chi connectivity index (χ2n) is 4.88. The van der Waals surface area contributed by atoms with Crippen molar-refractivity contribution >= 4 is 0 Å². The van der Waals surface area contributed by atoms with Crippen molar-refractivity contribution in [3.05, 3.63) is 36.3 Å². The Bertz CT molecular complexity index is 509. The van der Waals surface area contributed by atoms with E-state index in [-0.39, 0.29) is 0 Å². The Hall–Kier alpha value is -1.68. The molecule has 4 nitrogen and oxygen atoms in total. The molecule has 4 heteroatoms. The minimum Gasteiger partial charge on any atom is -0.310 e. The maximum atomic E-state index is 4.54. The molecule has 0 bridgehead atoms. The topological polar surface area (TPSA) is 42.7 Å². The van der Waals surface area contributed by atoms with Gasteiger partial charge in [-0.05, 0) is 31.0 Å². The van der Waals surface area contributed by atoms with Crippen LogP contribution in [0.2, 0.25) is 0 Å². The highest BCUT2D eigenvalue weighted by Crippen LogP contribution is 2.24. The van der Waals surface area contributed by atoms with E-state index < -0.39 is 0 Å². The fraction of sp³-hybridized carbons (Fsp3) is 0.429. The molecule has 0 radical (unpaired) electrons. The monoisotopic (exact) mass is 242 g/mol.